The number of hydrogen-bond donors (Lipinski definition) is 2. The van der Waals surface area contributed by atoms with Gasteiger partial charge in [0.05, 0.1) is 5.70 Å². The number of H-pyrrole nitrogens is 1. The minimum atomic E-state index is -0.445. The summed E-state index contributed by atoms with van der Waals surface area (Å²) >= 11 is 0. The average molecular weight is 391 g/mol. The van der Waals surface area contributed by atoms with Crippen molar-refractivity contribution in [2.75, 3.05) is 0 Å². The van der Waals surface area contributed by atoms with Gasteiger partial charge < -0.3 is 15.4 Å². The molecule has 29 heavy (non-hydrogen) atoms. The van der Waals surface area contributed by atoms with E-state index in [1.54, 1.807) is 6.20 Å². The maximum Gasteiger partial charge on any atom is 0.270 e. The zero-order chi connectivity index (χ0) is 19.4. The van der Waals surface area contributed by atoms with Crippen molar-refractivity contribution < 1.29 is 14.5 Å². The highest BCUT2D eigenvalue weighted by Crippen LogP contribution is 2.55. The Labute approximate surface area is 170 Å². The SMILES string of the molecule is O=C(NC12CC3CC(CC(C3)C1)C2)C1=C2C=CC=CN2C(Oc2ccc[nH+]c2)N1. The number of fused-ring (bicyclic) bond motifs is 1. The maximum atomic E-state index is 13.4. The first-order chi connectivity index (χ1) is 14.2. The predicted molar refractivity (Wildman–Crippen MR) is 107 cm³/mol. The molecule has 6 nitrogen and oxygen atoms in total. The molecule has 1 amide bonds. The van der Waals surface area contributed by atoms with Crippen molar-refractivity contribution in [1.82, 2.24) is 15.5 Å². The summed E-state index contributed by atoms with van der Waals surface area (Å²) in [6, 6.07) is 3.79. The third-order valence-corrected chi connectivity index (χ3v) is 7.24. The zero-order valence-electron chi connectivity index (χ0n) is 16.4. The molecule has 4 aliphatic carbocycles. The van der Waals surface area contributed by atoms with E-state index in [4.69, 9.17) is 4.74 Å². The summed E-state index contributed by atoms with van der Waals surface area (Å²) in [5.41, 5.74) is 1.46. The second kappa shape index (κ2) is 6.37. The standard InChI is InChI=1S/C23H26N4O2/c28-21(26-23-11-15-8-16(12-23)10-17(9-15)13-23)20-19-5-1-2-7-27(19)22(25-20)29-18-4-3-6-24-14-18/h1-7,14-17,22,25H,8-13H2,(H,26,28)/p+1. The molecular formula is C23H27N4O2+. The van der Waals surface area contributed by atoms with E-state index < -0.39 is 6.35 Å². The highest BCUT2D eigenvalue weighted by atomic mass is 16.5. The van der Waals surface area contributed by atoms with E-state index in [1.165, 1.54) is 19.3 Å². The fraction of sp³-hybridized carbons (Fsp3) is 0.478. The lowest BCUT2D eigenvalue weighted by Crippen LogP contribution is -2.60. The molecule has 1 unspecified atom stereocenters. The summed E-state index contributed by atoms with van der Waals surface area (Å²) in [6.45, 7) is 0. The smallest absolute Gasteiger partial charge is 0.270 e. The lowest BCUT2D eigenvalue weighted by Gasteiger charge is -2.56. The van der Waals surface area contributed by atoms with Gasteiger partial charge in [-0.15, -0.1) is 0 Å². The molecule has 0 spiro atoms. The monoisotopic (exact) mass is 391 g/mol. The largest absolute Gasteiger partial charge is 0.446 e. The number of aromatic nitrogens is 1. The zero-order valence-corrected chi connectivity index (χ0v) is 16.4. The Hall–Kier alpha value is -2.76. The van der Waals surface area contributed by atoms with Gasteiger partial charge in [-0.1, -0.05) is 6.08 Å². The van der Waals surface area contributed by atoms with Crippen molar-refractivity contribution in [3.05, 3.63) is 60.3 Å². The van der Waals surface area contributed by atoms with Gasteiger partial charge in [0.2, 0.25) is 6.20 Å². The van der Waals surface area contributed by atoms with Crippen LogP contribution in [0.1, 0.15) is 38.5 Å². The second-order valence-corrected chi connectivity index (χ2v) is 9.37. The summed E-state index contributed by atoms with van der Waals surface area (Å²) in [5, 5.41) is 6.80. The third kappa shape index (κ3) is 2.93. The molecule has 7 rings (SSSR count). The number of amides is 1. The lowest BCUT2D eigenvalue weighted by atomic mass is 9.53. The van der Waals surface area contributed by atoms with E-state index >= 15 is 0 Å². The molecule has 3 N–H and O–H groups in total. The molecule has 1 atom stereocenters. The normalized spacial score (nSPS) is 36.2. The van der Waals surface area contributed by atoms with E-state index in [-0.39, 0.29) is 11.4 Å². The van der Waals surface area contributed by atoms with Gasteiger partial charge in [0.1, 0.15) is 5.70 Å². The van der Waals surface area contributed by atoms with Crippen molar-refractivity contribution in [3.63, 3.8) is 0 Å². The molecule has 1 aromatic heterocycles. The Morgan fingerprint density at radius 3 is 2.62 bits per heavy atom. The maximum absolute atomic E-state index is 13.4. The van der Waals surface area contributed by atoms with E-state index in [2.05, 4.69) is 15.6 Å². The number of carbonyl (C=O) groups excluding carboxylic acids is 1. The van der Waals surface area contributed by atoms with Crippen LogP contribution in [0.3, 0.4) is 0 Å². The molecule has 0 radical (unpaired) electrons. The van der Waals surface area contributed by atoms with Crippen LogP contribution in [0.2, 0.25) is 0 Å². The number of rotatable bonds is 4. The topological polar surface area (TPSA) is 67.7 Å². The van der Waals surface area contributed by atoms with Gasteiger partial charge in [0, 0.05) is 17.8 Å². The second-order valence-electron chi connectivity index (χ2n) is 9.37. The van der Waals surface area contributed by atoms with Crippen molar-refractivity contribution in [2.24, 2.45) is 17.8 Å². The number of allylic oxidation sites excluding steroid dienone is 3. The van der Waals surface area contributed by atoms with E-state index in [0.29, 0.717) is 5.70 Å². The molecule has 150 valence electrons. The number of nitrogens with one attached hydrogen (secondary N) is 3. The van der Waals surface area contributed by atoms with Crippen molar-refractivity contribution in [3.8, 4) is 5.75 Å². The van der Waals surface area contributed by atoms with Crippen molar-refractivity contribution in [1.29, 1.82) is 0 Å². The van der Waals surface area contributed by atoms with Gasteiger partial charge in [-0.25, -0.2) is 4.98 Å². The number of aromatic amines is 1. The minimum Gasteiger partial charge on any atom is -0.446 e. The van der Waals surface area contributed by atoms with Crippen LogP contribution in [0.15, 0.2) is 60.3 Å². The fourth-order valence-corrected chi connectivity index (χ4v) is 6.55. The first-order valence-electron chi connectivity index (χ1n) is 10.8. The van der Waals surface area contributed by atoms with Crippen LogP contribution in [0, 0.1) is 17.8 Å². The minimum absolute atomic E-state index is 0.00220. The Bertz CT molecular complexity index is 885. The van der Waals surface area contributed by atoms with Crippen LogP contribution in [-0.4, -0.2) is 22.7 Å². The number of hydrogen-bond acceptors (Lipinski definition) is 4. The van der Waals surface area contributed by atoms with Crippen LogP contribution in [0.5, 0.6) is 5.75 Å². The molecular weight excluding hydrogens is 364 g/mol. The van der Waals surface area contributed by atoms with Gasteiger partial charge in [-0.05, 0) is 74.5 Å². The predicted octanol–water partition coefficient (Wildman–Crippen LogP) is 2.45. The van der Waals surface area contributed by atoms with Crippen LogP contribution < -0.4 is 20.4 Å². The van der Waals surface area contributed by atoms with Gasteiger partial charge in [0.15, 0.2) is 11.9 Å². The van der Waals surface area contributed by atoms with Gasteiger partial charge >= 0.3 is 0 Å². The van der Waals surface area contributed by atoms with Gasteiger partial charge in [-0.2, -0.15) is 0 Å². The number of carbonyl (C=O) groups is 1. The first-order valence-corrected chi connectivity index (χ1v) is 10.8. The molecule has 4 bridgehead atoms. The Kier molecular flexibility index (Phi) is 3.76. The molecule has 4 fully saturated rings. The van der Waals surface area contributed by atoms with E-state index in [9.17, 15) is 4.79 Å². The van der Waals surface area contributed by atoms with E-state index in [0.717, 1.165) is 48.5 Å². The Morgan fingerprint density at radius 2 is 1.93 bits per heavy atom. The van der Waals surface area contributed by atoms with Crippen LogP contribution in [0.25, 0.3) is 0 Å². The number of ether oxygens (including phenoxy) is 1. The summed E-state index contributed by atoms with van der Waals surface area (Å²) in [7, 11) is 0. The van der Waals surface area contributed by atoms with Crippen LogP contribution in [0.4, 0.5) is 0 Å². The molecule has 3 heterocycles. The first kappa shape index (κ1) is 17.1. The van der Waals surface area contributed by atoms with Crippen LogP contribution in [-0.2, 0) is 4.79 Å². The van der Waals surface area contributed by atoms with Crippen molar-refractivity contribution in [2.45, 2.75) is 50.4 Å². The van der Waals surface area contributed by atoms with Crippen LogP contribution >= 0.6 is 0 Å². The summed E-state index contributed by atoms with van der Waals surface area (Å²) in [6.07, 6.45) is 18.6. The summed E-state index contributed by atoms with van der Waals surface area (Å²) < 4.78 is 6.10. The number of pyridine rings is 1. The molecule has 6 heteroatoms. The quantitative estimate of drug-likeness (QED) is 0.827. The Morgan fingerprint density at radius 1 is 1.17 bits per heavy atom. The number of nitrogens with zero attached hydrogens (tertiary/aromatic N) is 1. The lowest BCUT2D eigenvalue weighted by molar-refractivity contribution is -0.379. The molecule has 0 aromatic carbocycles. The fourth-order valence-electron chi connectivity index (χ4n) is 6.55. The molecule has 0 saturated heterocycles. The highest BCUT2D eigenvalue weighted by molar-refractivity contribution is 5.95. The van der Waals surface area contributed by atoms with E-state index in [1.807, 2.05) is 47.7 Å². The molecule has 6 aliphatic rings. The summed E-state index contributed by atoms with van der Waals surface area (Å²) in [4.78, 5) is 18.4. The molecule has 2 aliphatic heterocycles. The van der Waals surface area contributed by atoms with Crippen molar-refractivity contribution >= 4 is 5.91 Å². The van der Waals surface area contributed by atoms with Gasteiger partial charge in [-0.3, -0.25) is 9.69 Å². The highest BCUT2D eigenvalue weighted by Gasteiger charge is 2.52. The Balaban J connectivity index is 1.23. The van der Waals surface area contributed by atoms with Gasteiger partial charge in [0.25, 0.3) is 12.3 Å². The third-order valence-electron chi connectivity index (χ3n) is 7.24. The molecule has 1 aromatic rings. The molecule has 4 saturated carbocycles. The summed E-state index contributed by atoms with van der Waals surface area (Å²) in [5.74, 6) is 3.12. The average Bonchev–Trinajstić information content (AvgIpc) is 3.06.